The van der Waals surface area contributed by atoms with Crippen LogP contribution < -0.4 is 5.32 Å². The highest BCUT2D eigenvalue weighted by Gasteiger charge is 2.50. The van der Waals surface area contributed by atoms with E-state index in [1.807, 2.05) is 0 Å². The summed E-state index contributed by atoms with van der Waals surface area (Å²) in [4.78, 5) is 22.4. The number of carboxylic acids is 1. The number of carbonyl (C=O) groups is 2. The molecular weight excluding hydrogens is 198 g/mol. The zero-order valence-electron chi connectivity index (χ0n) is 8.49. The Morgan fingerprint density at radius 1 is 1.47 bits per heavy atom. The Bertz CT molecular complexity index is 279. The maximum atomic E-state index is 11.6. The number of amides is 1. The summed E-state index contributed by atoms with van der Waals surface area (Å²) in [5, 5.41) is 11.6. The first-order valence-electron chi connectivity index (χ1n) is 5.23. The number of hydrogen-bond acceptors (Lipinski definition) is 3. The van der Waals surface area contributed by atoms with Gasteiger partial charge in [-0.25, -0.2) is 0 Å². The number of carbonyl (C=O) groups excluding carboxylic acids is 1. The first-order valence-corrected chi connectivity index (χ1v) is 5.23. The molecule has 1 aliphatic carbocycles. The molecule has 84 valence electrons. The van der Waals surface area contributed by atoms with Gasteiger partial charge in [0.25, 0.3) is 0 Å². The fraction of sp³-hybridized carbons (Fsp3) is 0.800. The summed E-state index contributed by atoms with van der Waals surface area (Å²) in [6, 6.07) is 0. The second-order valence-electron chi connectivity index (χ2n) is 4.36. The molecule has 0 aromatic rings. The quantitative estimate of drug-likeness (QED) is 0.689. The van der Waals surface area contributed by atoms with Crippen molar-refractivity contribution in [3.8, 4) is 0 Å². The molecule has 0 aromatic heterocycles. The third-order valence-corrected chi connectivity index (χ3v) is 3.21. The second-order valence-corrected chi connectivity index (χ2v) is 4.36. The van der Waals surface area contributed by atoms with Gasteiger partial charge in [-0.15, -0.1) is 0 Å². The van der Waals surface area contributed by atoms with E-state index in [1.165, 1.54) is 0 Å². The third-order valence-electron chi connectivity index (χ3n) is 3.21. The number of carboxylic acid groups (broad SMARTS) is 1. The van der Waals surface area contributed by atoms with Crippen molar-refractivity contribution in [3.63, 3.8) is 0 Å². The minimum atomic E-state index is -0.800. The highest BCUT2D eigenvalue weighted by molar-refractivity contribution is 5.82. The van der Waals surface area contributed by atoms with Crippen LogP contribution in [0.4, 0.5) is 0 Å². The number of hydrogen-bond donors (Lipinski definition) is 2. The average Bonchev–Trinajstić information content (AvgIpc) is 2.80. The molecule has 0 aromatic carbocycles. The fourth-order valence-electron chi connectivity index (χ4n) is 1.76. The van der Waals surface area contributed by atoms with Gasteiger partial charge in [0, 0.05) is 13.2 Å². The van der Waals surface area contributed by atoms with Crippen LogP contribution in [0, 0.1) is 11.3 Å². The third kappa shape index (κ3) is 2.12. The highest BCUT2D eigenvalue weighted by Crippen LogP contribution is 2.45. The van der Waals surface area contributed by atoms with Crippen LogP contribution in [0.25, 0.3) is 0 Å². The van der Waals surface area contributed by atoms with Gasteiger partial charge in [0.2, 0.25) is 5.91 Å². The van der Waals surface area contributed by atoms with Crippen molar-refractivity contribution in [2.75, 3.05) is 19.8 Å². The van der Waals surface area contributed by atoms with Gasteiger partial charge in [-0.3, -0.25) is 9.59 Å². The Hall–Kier alpha value is -1.10. The molecule has 1 saturated carbocycles. The van der Waals surface area contributed by atoms with E-state index in [9.17, 15) is 9.59 Å². The Morgan fingerprint density at radius 3 is 2.67 bits per heavy atom. The predicted octanol–water partition coefficient (Wildman–Crippen LogP) is 0.00390. The van der Waals surface area contributed by atoms with Gasteiger partial charge in [-0.2, -0.15) is 0 Å². The summed E-state index contributed by atoms with van der Waals surface area (Å²) in [6.07, 6.45) is 2.08. The zero-order valence-corrected chi connectivity index (χ0v) is 8.49. The molecule has 1 aliphatic heterocycles. The van der Waals surface area contributed by atoms with Crippen molar-refractivity contribution < 1.29 is 19.4 Å². The van der Waals surface area contributed by atoms with E-state index in [-0.39, 0.29) is 18.4 Å². The maximum Gasteiger partial charge on any atom is 0.311 e. The first kappa shape index (κ1) is 10.4. The SMILES string of the molecule is O=C(NCC1(C(=O)O)CC1)C1CCOC1. The van der Waals surface area contributed by atoms with E-state index >= 15 is 0 Å². The van der Waals surface area contributed by atoms with Crippen LogP contribution in [0.15, 0.2) is 0 Å². The van der Waals surface area contributed by atoms with Crippen LogP contribution in [-0.2, 0) is 14.3 Å². The monoisotopic (exact) mass is 213 g/mol. The van der Waals surface area contributed by atoms with E-state index in [4.69, 9.17) is 9.84 Å². The molecule has 0 spiro atoms. The molecule has 1 unspecified atom stereocenters. The lowest BCUT2D eigenvalue weighted by Gasteiger charge is -2.13. The van der Waals surface area contributed by atoms with Crippen LogP contribution in [0.2, 0.25) is 0 Å². The van der Waals surface area contributed by atoms with Gasteiger partial charge < -0.3 is 15.2 Å². The van der Waals surface area contributed by atoms with Gasteiger partial charge in [0.1, 0.15) is 0 Å². The second kappa shape index (κ2) is 3.81. The molecule has 1 amide bonds. The summed E-state index contributed by atoms with van der Waals surface area (Å²) in [5.41, 5.74) is -0.672. The lowest BCUT2D eigenvalue weighted by atomic mass is 10.1. The maximum absolute atomic E-state index is 11.6. The van der Waals surface area contributed by atoms with Crippen LogP contribution in [0.3, 0.4) is 0 Å². The van der Waals surface area contributed by atoms with Crippen molar-refractivity contribution in [1.82, 2.24) is 5.32 Å². The smallest absolute Gasteiger partial charge is 0.311 e. The number of rotatable bonds is 4. The minimum absolute atomic E-state index is 0.0694. The molecule has 1 saturated heterocycles. The Balaban J connectivity index is 1.78. The van der Waals surface area contributed by atoms with Crippen LogP contribution in [0.5, 0.6) is 0 Å². The van der Waals surface area contributed by atoms with E-state index in [2.05, 4.69) is 5.32 Å². The molecule has 0 radical (unpaired) electrons. The van der Waals surface area contributed by atoms with Gasteiger partial charge in [-0.05, 0) is 19.3 Å². The van der Waals surface area contributed by atoms with Gasteiger partial charge >= 0.3 is 5.97 Å². The molecule has 1 heterocycles. The molecule has 2 aliphatic rings. The Morgan fingerprint density at radius 2 is 2.20 bits per heavy atom. The standard InChI is InChI=1S/C10H15NO4/c12-8(7-1-4-15-5-7)11-6-10(2-3-10)9(13)14/h7H,1-6H2,(H,11,12)(H,13,14). The number of aliphatic carboxylic acids is 1. The molecule has 2 rings (SSSR count). The first-order chi connectivity index (χ1) is 7.14. The Kier molecular flexibility index (Phi) is 2.65. The average molecular weight is 213 g/mol. The summed E-state index contributed by atoms with van der Waals surface area (Å²) in [5.74, 6) is -0.958. The van der Waals surface area contributed by atoms with Crippen molar-refractivity contribution in [3.05, 3.63) is 0 Å². The summed E-state index contributed by atoms with van der Waals surface area (Å²) < 4.78 is 5.10. The molecular formula is C10H15NO4. The van der Waals surface area contributed by atoms with Gasteiger partial charge in [-0.1, -0.05) is 0 Å². The summed E-state index contributed by atoms with van der Waals surface area (Å²) >= 11 is 0. The van der Waals surface area contributed by atoms with Crippen LogP contribution in [0.1, 0.15) is 19.3 Å². The summed E-state index contributed by atoms with van der Waals surface area (Å²) in [6.45, 7) is 1.35. The fourth-order valence-corrected chi connectivity index (χ4v) is 1.76. The molecule has 5 heteroatoms. The molecule has 5 nitrogen and oxygen atoms in total. The van der Waals surface area contributed by atoms with Crippen molar-refractivity contribution in [2.24, 2.45) is 11.3 Å². The largest absolute Gasteiger partial charge is 0.481 e. The predicted molar refractivity (Wildman–Crippen MR) is 51.2 cm³/mol. The van der Waals surface area contributed by atoms with Crippen molar-refractivity contribution in [1.29, 1.82) is 0 Å². The lowest BCUT2D eigenvalue weighted by molar-refractivity contribution is -0.143. The molecule has 15 heavy (non-hydrogen) atoms. The molecule has 1 atom stereocenters. The van der Waals surface area contributed by atoms with Gasteiger partial charge in [0.15, 0.2) is 0 Å². The number of ether oxygens (including phenoxy) is 1. The molecule has 0 bridgehead atoms. The Labute approximate surface area is 87.8 Å². The topological polar surface area (TPSA) is 75.6 Å². The van der Waals surface area contributed by atoms with Gasteiger partial charge in [0.05, 0.1) is 17.9 Å². The minimum Gasteiger partial charge on any atom is -0.481 e. The molecule has 2 fully saturated rings. The highest BCUT2D eigenvalue weighted by atomic mass is 16.5. The summed E-state index contributed by atoms with van der Waals surface area (Å²) in [7, 11) is 0. The van der Waals surface area contributed by atoms with Crippen LogP contribution >= 0.6 is 0 Å². The van der Waals surface area contributed by atoms with E-state index < -0.39 is 11.4 Å². The van der Waals surface area contributed by atoms with Crippen LogP contribution in [-0.4, -0.2) is 36.7 Å². The normalized spacial score (nSPS) is 27.3. The van der Waals surface area contributed by atoms with Crippen molar-refractivity contribution >= 4 is 11.9 Å². The van der Waals surface area contributed by atoms with E-state index in [0.29, 0.717) is 26.1 Å². The number of nitrogens with one attached hydrogen (secondary N) is 1. The zero-order chi connectivity index (χ0) is 10.9. The molecule has 2 N–H and O–H groups in total. The van der Waals surface area contributed by atoms with E-state index in [1.54, 1.807) is 0 Å². The van der Waals surface area contributed by atoms with E-state index in [0.717, 1.165) is 6.42 Å². The van der Waals surface area contributed by atoms with Crippen molar-refractivity contribution in [2.45, 2.75) is 19.3 Å². The lowest BCUT2D eigenvalue weighted by Crippen LogP contribution is -2.37.